The van der Waals surface area contributed by atoms with Crippen LogP contribution in [0.5, 0.6) is 34.5 Å². The number of ether oxygens (including phenoxy) is 6. The van der Waals surface area contributed by atoms with Gasteiger partial charge in [0.15, 0.2) is 34.5 Å². The number of imide groups is 1. The number of carbonyl (C=O) groups excluding carboxylic acids is 2. The predicted molar refractivity (Wildman–Crippen MR) is 311 cm³/mol. The molecule has 0 saturated carbocycles. The van der Waals surface area contributed by atoms with E-state index in [0.29, 0.717) is 57.3 Å². The van der Waals surface area contributed by atoms with Gasteiger partial charge in [0, 0.05) is 6.54 Å². The molecule has 1 heterocycles. The molecule has 0 atom stereocenters. The predicted octanol–water partition coefficient (Wildman–Crippen LogP) is 18.7. The smallest absolute Gasteiger partial charge is 0.261 e. The molecule has 0 radical (unpaired) electrons. The summed E-state index contributed by atoms with van der Waals surface area (Å²) in [5, 5.41) is 6.53. The minimum absolute atomic E-state index is 0.158. The molecule has 0 bridgehead atoms. The maximum absolute atomic E-state index is 12.8. The summed E-state index contributed by atoms with van der Waals surface area (Å²) in [5.41, 5.74) is 1.06. The summed E-state index contributed by atoms with van der Waals surface area (Å²) in [4.78, 5) is 27.0. The summed E-state index contributed by atoms with van der Waals surface area (Å²) in [5.74, 6) is 4.39. The first kappa shape index (κ1) is 59.1. The van der Waals surface area contributed by atoms with E-state index in [2.05, 4.69) is 71.0 Å². The van der Waals surface area contributed by atoms with E-state index < -0.39 is 0 Å². The van der Waals surface area contributed by atoms with Crippen LogP contribution in [-0.2, 0) is 0 Å². The van der Waals surface area contributed by atoms with Crippen LogP contribution in [0.1, 0.15) is 235 Å². The molecule has 1 aliphatic rings. The van der Waals surface area contributed by atoms with Crippen LogP contribution < -0.4 is 28.4 Å². The summed E-state index contributed by atoms with van der Waals surface area (Å²) in [7, 11) is 0. The van der Waals surface area contributed by atoms with Gasteiger partial charge >= 0.3 is 0 Å². The van der Waals surface area contributed by atoms with Crippen molar-refractivity contribution >= 4 is 44.1 Å². The molecule has 0 fully saturated rings. The summed E-state index contributed by atoms with van der Waals surface area (Å²) >= 11 is 0. The molecule has 0 saturated heterocycles. The molecule has 0 aliphatic carbocycles. The molecule has 0 aromatic heterocycles. The third kappa shape index (κ3) is 18.0. The first-order chi connectivity index (χ1) is 36.9. The van der Waals surface area contributed by atoms with Crippen LogP contribution in [0.4, 0.5) is 0 Å². The Labute approximate surface area is 452 Å². The van der Waals surface area contributed by atoms with E-state index in [1.54, 1.807) is 12.1 Å². The van der Waals surface area contributed by atoms with Crippen LogP contribution in [-0.4, -0.2) is 62.9 Å². The molecule has 412 valence electrons. The van der Waals surface area contributed by atoms with E-state index in [-0.39, 0.29) is 11.8 Å². The molecule has 0 unspecified atom stereocenters. The number of carbonyl (C=O) groups is 2. The highest BCUT2D eigenvalue weighted by Crippen LogP contribution is 2.47. The molecule has 5 aromatic carbocycles. The molecule has 9 heteroatoms. The maximum Gasteiger partial charge on any atom is 0.261 e. The number of rotatable bonds is 42. The third-order valence-electron chi connectivity index (χ3n) is 14.8. The van der Waals surface area contributed by atoms with E-state index in [9.17, 15) is 9.59 Å². The Hall–Kier alpha value is -5.18. The molecule has 1 aliphatic heterocycles. The Morgan fingerprint density at radius 2 is 0.507 bits per heavy atom. The second-order valence-electron chi connectivity index (χ2n) is 21.1. The first-order valence-corrected chi connectivity index (χ1v) is 30.2. The van der Waals surface area contributed by atoms with Crippen molar-refractivity contribution in [1.82, 2.24) is 4.90 Å². The fourth-order valence-corrected chi connectivity index (χ4v) is 10.3. The summed E-state index contributed by atoms with van der Waals surface area (Å²) in [6.07, 6.45) is 30.9. The average Bonchev–Trinajstić information content (AvgIpc) is 3.67. The van der Waals surface area contributed by atoms with Gasteiger partial charge in [-0.2, -0.15) is 0 Å². The maximum atomic E-state index is 12.8. The molecule has 9 nitrogen and oxygen atoms in total. The number of hydrogen-bond donors (Lipinski definition) is 0. The van der Waals surface area contributed by atoms with Crippen molar-refractivity contribution in [3.05, 3.63) is 71.8 Å². The van der Waals surface area contributed by atoms with Crippen molar-refractivity contribution < 1.29 is 38.0 Å². The van der Waals surface area contributed by atoms with Crippen molar-refractivity contribution in [2.24, 2.45) is 0 Å². The zero-order chi connectivity index (χ0) is 52.9. The van der Waals surface area contributed by atoms with Gasteiger partial charge in [-0.3, -0.25) is 14.5 Å². The first-order valence-electron chi connectivity index (χ1n) is 30.2. The number of unbranched alkanes of at least 4 members (excludes halogenated alkanes) is 22. The van der Waals surface area contributed by atoms with Crippen LogP contribution in [0.3, 0.4) is 0 Å². The Morgan fingerprint density at radius 3 is 0.747 bits per heavy atom. The summed E-state index contributed by atoms with van der Waals surface area (Å²) in [6.45, 7) is 15.5. The highest BCUT2D eigenvalue weighted by atomic mass is 16.5. The van der Waals surface area contributed by atoms with Crippen LogP contribution in [0.15, 0.2) is 60.7 Å². The van der Waals surface area contributed by atoms with Crippen molar-refractivity contribution in [2.75, 3.05) is 46.2 Å². The number of amides is 2. The normalized spacial score (nSPS) is 12.4. The minimum Gasteiger partial charge on any atom is -0.490 e. The molecule has 0 spiro atoms. The highest BCUT2D eigenvalue weighted by Gasteiger charge is 2.34. The quantitative estimate of drug-likeness (QED) is 0.0217. The van der Waals surface area contributed by atoms with E-state index >= 15 is 0 Å². The van der Waals surface area contributed by atoms with Gasteiger partial charge in [0.2, 0.25) is 0 Å². The van der Waals surface area contributed by atoms with E-state index in [1.807, 2.05) is 12.1 Å². The molecule has 5 aromatic rings. The third-order valence-corrected chi connectivity index (χ3v) is 14.8. The number of fused-ring (bicyclic) bond motifs is 7. The van der Waals surface area contributed by atoms with Crippen LogP contribution in [0.25, 0.3) is 32.3 Å². The molecule has 75 heavy (non-hydrogen) atoms. The lowest BCUT2D eigenvalue weighted by Crippen LogP contribution is -2.30. The van der Waals surface area contributed by atoms with Gasteiger partial charge < -0.3 is 28.4 Å². The largest absolute Gasteiger partial charge is 0.490 e. The van der Waals surface area contributed by atoms with Gasteiger partial charge in [0.1, 0.15) is 0 Å². The zero-order valence-electron chi connectivity index (χ0n) is 47.2. The molecule has 0 N–H and O–H groups in total. The highest BCUT2D eigenvalue weighted by molar-refractivity contribution is 6.27. The molecular weight excluding hydrogens is 935 g/mol. The number of nitrogens with zero attached hydrogens (tertiary/aromatic N) is 1. The number of hydrogen-bond acceptors (Lipinski definition) is 8. The van der Waals surface area contributed by atoms with Crippen LogP contribution in [0.2, 0.25) is 0 Å². The van der Waals surface area contributed by atoms with Gasteiger partial charge in [-0.05, 0) is 126 Å². The Bertz CT molecular complexity index is 2400. The fourth-order valence-electron chi connectivity index (χ4n) is 10.3. The lowest BCUT2D eigenvalue weighted by Gasteiger charge is -2.21. The van der Waals surface area contributed by atoms with Gasteiger partial charge in [0.25, 0.3) is 11.8 Å². The second kappa shape index (κ2) is 33.8. The minimum atomic E-state index is -0.158. The standard InChI is InChI=1S/C66H95NO8/c1-6-11-16-30-39-70-59-45-53-54-46-60(71-40-31-17-12-7-2)62(73-42-33-19-14-9-4)48-56(54)58-50-64(63(74-43-34-20-15-10-5)49-57(58)55(53)47-61(59)72-41-32-18-13-8-3)75-44-35-26-24-22-21-23-25-29-38-67-65(68)51-36-27-28-37-52(51)66(67)69/h27-28,36-37,45-50H,6-26,29-35,38-44H2,1-5H3. The average molecular weight is 1030 g/mol. The second-order valence-corrected chi connectivity index (χ2v) is 21.1. The lowest BCUT2D eigenvalue weighted by atomic mass is 9.93. The fraction of sp³-hybridized carbons (Fsp3) is 0.606. The number of benzene rings is 5. The summed E-state index contributed by atoms with van der Waals surface area (Å²) in [6, 6.07) is 20.5. The van der Waals surface area contributed by atoms with E-state index in [4.69, 9.17) is 28.4 Å². The van der Waals surface area contributed by atoms with Gasteiger partial charge in [-0.1, -0.05) is 182 Å². The molecule has 2 amide bonds. The van der Waals surface area contributed by atoms with E-state index in [1.165, 1.54) is 69.1 Å². The monoisotopic (exact) mass is 1030 g/mol. The van der Waals surface area contributed by atoms with Crippen LogP contribution >= 0.6 is 0 Å². The van der Waals surface area contributed by atoms with Crippen molar-refractivity contribution in [3.8, 4) is 34.5 Å². The van der Waals surface area contributed by atoms with Crippen molar-refractivity contribution in [1.29, 1.82) is 0 Å². The van der Waals surface area contributed by atoms with Gasteiger partial charge in [-0.15, -0.1) is 0 Å². The molecular formula is C66H95NO8. The van der Waals surface area contributed by atoms with Crippen molar-refractivity contribution in [3.63, 3.8) is 0 Å². The zero-order valence-corrected chi connectivity index (χ0v) is 47.2. The summed E-state index contributed by atoms with van der Waals surface area (Å²) < 4.78 is 40.3. The molecule has 6 rings (SSSR count). The Kier molecular flexibility index (Phi) is 26.6. The lowest BCUT2D eigenvalue weighted by molar-refractivity contribution is 0.0651. The SMILES string of the molecule is CCCCCCOc1cc2c3cc(OCCCCCC)c(OCCCCCC)cc3c3cc(OCCCCCCCCCCN4C(=O)c5ccccc5C4=O)c(OCCCCCC)cc3c2cc1OCCCCCC. The van der Waals surface area contributed by atoms with Gasteiger partial charge in [-0.25, -0.2) is 0 Å². The van der Waals surface area contributed by atoms with E-state index in [0.717, 1.165) is 182 Å². The van der Waals surface area contributed by atoms with Gasteiger partial charge in [0.05, 0.1) is 50.8 Å². The Balaban J connectivity index is 1.27. The topological polar surface area (TPSA) is 92.8 Å². The van der Waals surface area contributed by atoms with Crippen LogP contribution in [0, 0.1) is 0 Å². The van der Waals surface area contributed by atoms with Crippen molar-refractivity contribution in [2.45, 2.75) is 214 Å². The Morgan fingerprint density at radius 1 is 0.293 bits per heavy atom.